The lowest BCUT2D eigenvalue weighted by molar-refractivity contribution is 0.492. The molecule has 1 aliphatic heterocycles. The standard InChI is InChI=1S/C15H18N6O/c1-20(13-4-5-16-15(18-13)10-2-3-10)12-8-21(9-12)11-6-14(22)19-17-7-11/h4-7,10,12H,2-3,8-9H2,1H3,(H,19,22). The number of rotatable bonds is 4. The van der Waals surface area contributed by atoms with Crippen LogP contribution in [0.15, 0.2) is 29.3 Å². The lowest BCUT2D eigenvalue weighted by Crippen LogP contribution is -2.59. The van der Waals surface area contributed by atoms with Crippen molar-refractivity contribution >= 4 is 11.5 Å². The summed E-state index contributed by atoms with van der Waals surface area (Å²) in [6.07, 6.45) is 5.96. The Morgan fingerprint density at radius 3 is 2.91 bits per heavy atom. The van der Waals surface area contributed by atoms with Crippen LogP contribution in [0.3, 0.4) is 0 Å². The molecule has 0 amide bonds. The molecule has 0 spiro atoms. The zero-order valence-electron chi connectivity index (χ0n) is 12.4. The molecule has 0 bridgehead atoms. The zero-order valence-corrected chi connectivity index (χ0v) is 12.4. The van der Waals surface area contributed by atoms with Gasteiger partial charge in [-0.2, -0.15) is 5.10 Å². The summed E-state index contributed by atoms with van der Waals surface area (Å²) in [7, 11) is 2.07. The van der Waals surface area contributed by atoms with E-state index in [1.54, 1.807) is 12.3 Å². The van der Waals surface area contributed by atoms with Crippen LogP contribution in [0.5, 0.6) is 0 Å². The fraction of sp³-hybridized carbons (Fsp3) is 0.467. The molecule has 22 heavy (non-hydrogen) atoms. The molecule has 1 N–H and O–H groups in total. The lowest BCUT2D eigenvalue weighted by Gasteiger charge is -2.45. The molecule has 2 aliphatic rings. The van der Waals surface area contributed by atoms with Gasteiger partial charge in [0.2, 0.25) is 0 Å². The lowest BCUT2D eigenvalue weighted by atomic mass is 10.1. The van der Waals surface area contributed by atoms with E-state index in [0.717, 1.165) is 30.4 Å². The molecule has 2 fully saturated rings. The van der Waals surface area contributed by atoms with E-state index in [1.165, 1.54) is 12.8 Å². The number of nitrogens with one attached hydrogen (secondary N) is 1. The van der Waals surface area contributed by atoms with Crippen molar-refractivity contribution in [1.82, 2.24) is 20.2 Å². The molecule has 7 nitrogen and oxygen atoms in total. The number of hydrogen-bond acceptors (Lipinski definition) is 6. The van der Waals surface area contributed by atoms with Gasteiger partial charge in [0, 0.05) is 38.3 Å². The summed E-state index contributed by atoms with van der Waals surface area (Å²) in [5.74, 6) is 2.51. The van der Waals surface area contributed by atoms with Gasteiger partial charge in [0.05, 0.1) is 17.9 Å². The quantitative estimate of drug-likeness (QED) is 0.898. The third kappa shape index (κ3) is 2.43. The summed E-state index contributed by atoms with van der Waals surface area (Å²) >= 11 is 0. The van der Waals surface area contributed by atoms with Crippen molar-refractivity contribution in [3.05, 3.63) is 40.7 Å². The Bertz CT molecular complexity index is 735. The molecular weight excluding hydrogens is 280 g/mol. The largest absolute Gasteiger partial charge is 0.366 e. The van der Waals surface area contributed by atoms with Crippen molar-refractivity contribution in [1.29, 1.82) is 0 Å². The molecule has 4 rings (SSSR count). The van der Waals surface area contributed by atoms with Gasteiger partial charge in [0.25, 0.3) is 5.56 Å². The summed E-state index contributed by atoms with van der Waals surface area (Å²) < 4.78 is 0. The fourth-order valence-electron chi connectivity index (χ4n) is 2.74. The van der Waals surface area contributed by atoms with E-state index < -0.39 is 0 Å². The summed E-state index contributed by atoms with van der Waals surface area (Å²) in [5, 5.41) is 6.24. The van der Waals surface area contributed by atoms with Crippen LogP contribution in [0, 0.1) is 0 Å². The minimum Gasteiger partial charge on any atom is -0.366 e. The number of likely N-dealkylation sites (N-methyl/N-ethyl adjacent to an activating group) is 1. The molecule has 2 aromatic rings. The monoisotopic (exact) mass is 298 g/mol. The van der Waals surface area contributed by atoms with Crippen LogP contribution in [0.4, 0.5) is 11.5 Å². The van der Waals surface area contributed by atoms with Gasteiger partial charge >= 0.3 is 0 Å². The van der Waals surface area contributed by atoms with E-state index in [-0.39, 0.29) is 5.56 Å². The number of anilines is 2. The van der Waals surface area contributed by atoms with Crippen LogP contribution >= 0.6 is 0 Å². The first-order valence-electron chi connectivity index (χ1n) is 7.56. The van der Waals surface area contributed by atoms with E-state index >= 15 is 0 Å². The Balaban J connectivity index is 1.43. The van der Waals surface area contributed by atoms with Crippen LogP contribution in [0.2, 0.25) is 0 Å². The van der Waals surface area contributed by atoms with Crippen LogP contribution < -0.4 is 15.4 Å². The Morgan fingerprint density at radius 2 is 2.18 bits per heavy atom. The maximum atomic E-state index is 11.3. The highest BCUT2D eigenvalue weighted by Gasteiger charge is 2.32. The van der Waals surface area contributed by atoms with Gasteiger partial charge in [-0.25, -0.2) is 15.1 Å². The highest BCUT2D eigenvalue weighted by Crippen LogP contribution is 2.38. The van der Waals surface area contributed by atoms with Crippen LogP contribution in [-0.2, 0) is 0 Å². The van der Waals surface area contributed by atoms with Gasteiger partial charge in [-0.05, 0) is 18.9 Å². The Labute approximate surface area is 128 Å². The van der Waals surface area contributed by atoms with Crippen molar-refractivity contribution in [2.45, 2.75) is 24.8 Å². The molecule has 114 valence electrons. The molecular formula is C15H18N6O. The topological polar surface area (TPSA) is 78.0 Å². The first-order chi connectivity index (χ1) is 10.7. The van der Waals surface area contributed by atoms with Crippen molar-refractivity contribution in [3.8, 4) is 0 Å². The second-order valence-corrected chi connectivity index (χ2v) is 6.02. The normalized spacial score (nSPS) is 18.1. The van der Waals surface area contributed by atoms with E-state index in [2.05, 4.69) is 37.0 Å². The van der Waals surface area contributed by atoms with Crippen molar-refractivity contribution in [2.75, 3.05) is 29.9 Å². The number of aromatic amines is 1. The van der Waals surface area contributed by atoms with Gasteiger partial charge in [0.15, 0.2) is 0 Å². The van der Waals surface area contributed by atoms with Crippen LogP contribution in [0.1, 0.15) is 24.6 Å². The molecule has 0 atom stereocenters. The van der Waals surface area contributed by atoms with Crippen molar-refractivity contribution in [3.63, 3.8) is 0 Å². The highest BCUT2D eigenvalue weighted by molar-refractivity contribution is 5.50. The molecule has 1 saturated carbocycles. The number of H-pyrrole nitrogens is 1. The first kappa shape index (κ1) is 13.2. The maximum Gasteiger partial charge on any atom is 0.266 e. The number of nitrogens with zero attached hydrogens (tertiary/aromatic N) is 5. The first-order valence-corrected chi connectivity index (χ1v) is 7.56. The minimum absolute atomic E-state index is 0.167. The second-order valence-electron chi connectivity index (χ2n) is 6.02. The van der Waals surface area contributed by atoms with Gasteiger partial charge in [-0.1, -0.05) is 0 Å². The van der Waals surface area contributed by atoms with E-state index in [4.69, 9.17) is 0 Å². The van der Waals surface area contributed by atoms with Crippen LogP contribution in [-0.4, -0.2) is 46.3 Å². The van der Waals surface area contributed by atoms with Crippen molar-refractivity contribution < 1.29 is 0 Å². The highest BCUT2D eigenvalue weighted by atomic mass is 16.1. The average Bonchev–Trinajstić information content (AvgIpc) is 3.30. The molecule has 0 aromatic carbocycles. The van der Waals surface area contributed by atoms with E-state index in [1.807, 2.05) is 12.3 Å². The molecule has 2 aromatic heterocycles. The Hall–Kier alpha value is -2.44. The second kappa shape index (κ2) is 5.08. The van der Waals surface area contributed by atoms with Gasteiger partial charge in [-0.3, -0.25) is 4.79 Å². The fourth-order valence-corrected chi connectivity index (χ4v) is 2.74. The Kier molecular flexibility index (Phi) is 3.06. The molecule has 1 aliphatic carbocycles. The molecule has 1 saturated heterocycles. The smallest absolute Gasteiger partial charge is 0.266 e. The predicted octanol–water partition coefficient (Wildman–Crippen LogP) is 0.762. The number of hydrogen-bond donors (Lipinski definition) is 1. The summed E-state index contributed by atoms with van der Waals surface area (Å²) in [4.78, 5) is 24.7. The molecule has 7 heteroatoms. The summed E-state index contributed by atoms with van der Waals surface area (Å²) in [6, 6.07) is 3.93. The minimum atomic E-state index is -0.167. The predicted molar refractivity (Wildman–Crippen MR) is 83.3 cm³/mol. The molecule has 0 unspecified atom stereocenters. The molecule has 3 heterocycles. The van der Waals surface area contributed by atoms with E-state index in [0.29, 0.717) is 12.0 Å². The third-order valence-electron chi connectivity index (χ3n) is 4.39. The van der Waals surface area contributed by atoms with Gasteiger partial charge in [-0.15, -0.1) is 0 Å². The summed E-state index contributed by atoms with van der Waals surface area (Å²) in [6.45, 7) is 1.73. The zero-order chi connectivity index (χ0) is 15.1. The van der Waals surface area contributed by atoms with Crippen LogP contribution in [0.25, 0.3) is 0 Å². The third-order valence-corrected chi connectivity index (χ3v) is 4.39. The van der Waals surface area contributed by atoms with Gasteiger partial charge < -0.3 is 9.80 Å². The summed E-state index contributed by atoms with van der Waals surface area (Å²) in [5.41, 5.74) is 0.703. The van der Waals surface area contributed by atoms with E-state index in [9.17, 15) is 4.79 Å². The maximum absolute atomic E-state index is 11.3. The Morgan fingerprint density at radius 1 is 1.36 bits per heavy atom. The van der Waals surface area contributed by atoms with Gasteiger partial charge in [0.1, 0.15) is 11.6 Å². The van der Waals surface area contributed by atoms with Crippen molar-refractivity contribution in [2.24, 2.45) is 0 Å². The SMILES string of the molecule is CN(c1ccnc(C2CC2)n1)C1CN(c2cn[nH]c(=O)c2)C1. The number of aromatic nitrogens is 4. The average molecular weight is 298 g/mol. The molecule has 0 radical (unpaired) electrons.